The largest absolute Gasteiger partial charge is 0.354 e. The van der Waals surface area contributed by atoms with Crippen LogP contribution in [-0.4, -0.2) is 24.5 Å². The molecule has 0 aromatic heterocycles. The van der Waals surface area contributed by atoms with Gasteiger partial charge in [0.25, 0.3) is 0 Å². The quantitative estimate of drug-likeness (QED) is 0.734. The molecule has 1 saturated heterocycles. The van der Waals surface area contributed by atoms with Crippen LogP contribution >= 0.6 is 0 Å². The van der Waals surface area contributed by atoms with E-state index in [4.69, 9.17) is 0 Å². The van der Waals surface area contributed by atoms with E-state index in [2.05, 4.69) is 31.4 Å². The summed E-state index contributed by atoms with van der Waals surface area (Å²) in [5.74, 6) is 0.493. The highest BCUT2D eigenvalue weighted by Crippen LogP contribution is 2.28. The lowest BCUT2D eigenvalue weighted by atomic mass is 9.83. The summed E-state index contributed by atoms with van der Waals surface area (Å²) in [5, 5.41) is 6.84. The molecular formula is C14H26N2O. The first-order chi connectivity index (χ1) is 7.96. The molecule has 0 aromatic rings. The van der Waals surface area contributed by atoms with E-state index in [-0.39, 0.29) is 11.8 Å². The molecule has 1 aliphatic heterocycles. The van der Waals surface area contributed by atoms with E-state index in [0.29, 0.717) is 17.5 Å². The maximum atomic E-state index is 12.0. The Morgan fingerprint density at radius 3 is 2.65 bits per heavy atom. The molecule has 2 N–H and O–H groups in total. The van der Waals surface area contributed by atoms with Gasteiger partial charge in [-0.3, -0.25) is 4.79 Å². The van der Waals surface area contributed by atoms with Crippen molar-refractivity contribution in [1.29, 1.82) is 0 Å². The number of hydrogen-bond acceptors (Lipinski definition) is 2. The van der Waals surface area contributed by atoms with E-state index >= 15 is 0 Å². The molecule has 3 atom stereocenters. The zero-order valence-electron chi connectivity index (χ0n) is 11.4. The maximum Gasteiger partial charge on any atom is 0.224 e. The van der Waals surface area contributed by atoms with E-state index in [1.807, 2.05) is 0 Å². The Hall–Kier alpha value is -0.570. The van der Waals surface area contributed by atoms with E-state index in [1.54, 1.807) is 0 Å². The smallest absolute Gasteiger partial charge is 0.224 e. The number of rotatable bonds is 1. The van der Waals surface area contributed by atoms with Crippen molar-refractivity contribution in [3.8, 4) is 0 Å². The molecule has 2 aliphatic rings. The van der Waals surface area contributed by atoms with Crippen LogP contribution in [-0.2, 0) is 4.79 Å². The molecule has 0 bridgehead atoms. The molecule has 2 fully saturated rings. The number of fused-ring (bicyclic) bond motifs is 1. The Morgan fingerprint density at radius 1 is 1.24 bits per heavy atom. The predicted molar refractivity (Wildman–Crippen MR) is 69.8 cm³/mol. The van der Waals surface area contributed by atoms with Crippen molar-refractivity contribution in [3.05, 3.63) is 0 Å². The second kappa shape index (κ2) is 4.97. The SMILES string of the molecule is CC(C)(C)CC1CNC(=O)C2CCCCC2N1. The van der Waals surface area contributed by atoms with Crippen LogP contribution in [0.2, 0.25) is 0 Å². The van der Waals surface area contributed by atoms with E-state index in [0.717, 1.165) is 19.4 Å². The Kier molecular flexibility index (Phi) is 3.76. The van der Waals surface area contributed by atoms with Gasteiger partial charge in [0, 0.05) is 18.6 Å². The average Bonchev–Trinajstić information content (AvgIpc) is 2.37. The zero-order chi connectivity index (χ0) is 12.5. The second-order valence-corrected chi connectivity index (χ2v) is 6.87. The maximum absolute atomic E-state index is 12.0. The van der Waals surface area contributed by atoms with Crippen LogP contribution in [0.1, 0.15) is 52.9 Å². The van der Waals surface area contributed by atoms with Gasteiger partial charge >= 0.3 is 0 Å². The monoisotopic (exact) mass is 238 g/mol. The predicted octanol–water partition coefficient (Wildman–Crippen LogP) is 2.07. The Morgan fingerprint density at radius 2 is 1.94 bits per heavy atom. The fraction of sp³-hybridized carbons (Fsp3) is 0.929. The summed E-state index contributed by atoms with van der Waals surface area (Å²) in [6.07, 6.45) is 5.82. The first-order valence-corrected chi connectivity index (χ1v) is 6.99. The van der Waals surface area contributed by atoms with Gasteiger partial charge in [0.1, 0.15) is 0 Å². The number of nitrogens with one attached hydrogen (secondary N) is 2. The van der Waals surface area contributed by atoms with Crippen molar-refractivity contribution in [3.63, 3.8) is 0 Å². The van der Waals surface area contributed by atoms with Crippen molar-refractivity contribution in [2.24, 2.45) is 11.3 Å². The van der Waals surface area contributed by atoms with Crippen LogP contribution in [0.3, 0.4) is 0 Å². The van der Waals surface area contributed by atoms with E-state index in [9.17, 15) is 4.79 Å². The molecule has 3 heteroatoms. The van der Waals surface area contributed by atoms with Crippen molar-refractivity contribution in [1.82, 2.24) is 10.6 Å². The highest BCUT2D eigenvalue weighted by molar-refractivity contribution is 5.79. The summed E-state index contributed by atoms with van der Waals surface area (Å²) < 4.78 is 0. The highest BCUT2D eigenvalue weighted by atomic mass is 16.2. The third-order valence-corrected chi connectivity index (χ3v) is 3.93. The Bertz CT molecular complexity index is 282. The lowest BCUT2D eigenvalue weighted by Crippen LogP contribution is -2.45. The first kappa shape index (κ1) is 12.9. The minimum atomic E-state index is 0.216. The molecule has 0 aromatic carbocycles. The fourth-order valence-electron chi connectivity index (χ4n) is 3.23. The number of amides is 1. The summed E-state index contributed by atoms with van der Waals surface area (Å²) >= 11 is 0. The summed E-state index contributed by atoms with van der Waals surface area (Å²) in [5.41, 5.74) is 0.316. The third-order valence-electron chi connectivity index (χ3n) is 3.93. The lowest BCUT2D eigenvalue weighted by molar-refractivity contribution is -0.126. The number of carbonyl (C=O) groups is 1. The van der Waals surface area contributed by atoms with Crippen molar-refractivity contribution >= 4 is 5.91 Å². The third kappa shape index (κ3) is 3.44. The van der Waals surface area contributed by atoms with Gasteiger partial charge in [-0.05, 0) is 24.7 Å². The lowest BCUT2D eigenvalue weighted by Gasteiger charge is -2.32. The van der Waals surface area contributed by atoms with Gasteiger partial charge in [-0.25, -0.2) is 0 Å². The molecule has 17 heavy (non-hydrogen) atoms. The van der Waals surface area contributed by atoms with Crippen LogP contribution < -0.4 is 10.6 Å². The first-order valence-electron chi connectivity index (χ1n) is 6.99. The Labute approximate surface area is 105 Å². The van der Waals surface area contributed by atoms with Crippen LogP contribution in [0, 0.1) is 11.3 Å². The molecule has 3 unspecified atom stereocenters. The summed E-state index contributed by atoms with van der Waals surface area (Å²) in [6.45, 7) is 7.59. The molecule has 3 nitrogen and oxygen atoms in total. The fourth-order valence-corrected chi connectivity index (χ4v) is 3.23. The molecule has 0 spiro atoms. The Balaban J connectivity index is 2.01. The van der Waals surface area contributed by atoms with Crippen LogP contribution in [0.15, 0.2) is 0 Å². The molecule has 1 amide bonds. The summed E-state index contributed by atoms with van der Waals surface area (Å²) in [6, 6.07) is 0.852. The molecular weight excluding hydrogens is 212 g/mol. The molecule has 1 aliphatic carbocycles. The van der Waals surface area contributed by atoms with E-state index < -0.39 is 0 Å². The van der Waals surface area contributed by atoms with Gasteiger partial charge < -0.3 is 10.6 Å². The van der Waals surface area contributed by atoms with Gasteiger partial charge in [0.15, 0.2) is 0 Å². The van der Waals surface area contributed by atoms with Gasteiger partial charge in [-0.15, -0.1) is 0 Å². The molecule has 98 valence electrons. The standard InChI is InChI=1S/C14H26N2O/c1-14(2,3)8-10-9-15-13(17)11-6-4-5-7-12(11)16-10/h10-12,16H,4-9H2,1-3H3,(H,15,17). The summed E-state index contributed by atoms with van der Waals surface area (Å²) in [4.78, 5) is 12.0. The minimum Gasteiger partial charge on any atom is -0.354 e. The number of carbonyl (C=O) groups excluding carboxylic acids is 1. The van der Waals surface area contributed by atoms with Crippen molar-refractivity contribution in [2.75, 3.05) is 6.54 Å². The van der Waals surface area contributed by atoms with Crippen LogP contribution in [0.4, 0.5) is 0 Å². The van der Waals surface area contributed by atoms with Gasteiger partial charge in [0.2, 0.25) is 5.91 Å². The van der Waals surface area contributed by atoms with E-state index in [1.165, 1.54) is 19.3 Å². The molecule has 1 heterocycles. The number of hydrogen-bond donors (Lipinski definition) is 2. The zero-order valence-corrected chi connectivity index (χ0v) is 11.4. The van der Waals surface area contributed by atoms with Crippen LogP contribution in [0.5, 0.6) is 0 Å². The second-order valence-electron chi connectivity index (χ2n) is 6.87. The van der Waals surface area contributed by atoms with Gasteiger partial charge in [-0.1, -0.05) is 33.6 Å². The van der Waals surface area contributed by atoms with Crippen LogP contribution in [0.25, 0.3) is 0 Å². The van der Waals surface area contributed by atoms with Gasteiger partial charge in [-0.2, -0.15) is 0 Å². The average molecular weight is 238 g/mol. The van der Waals surface area contributed by atoms with Crippen molar-refractivity contribution < 1.29 is 4.79 Å². The molecule has 1 saturated carbocycles. The molecule has 2 rings (SSSR count). The van der Waals surface area contributed by atoms with Crippen molar-refractivity contribution in [2.45, 2.75) is 65.0 Å². The topological polar surface area (TPSA) is 41.1 Å². The normalized spacial score (nSPS) is 34.8. The highest BCUT2D eigenvalue weighted by Gasteiger charge is 2.35. The van der Waals surface area contributed by atoms with Gasteiger partial charge in [0.05, 0.1) is 5.92 Å². The molecule has 0 radical (unpaired) electrons. The minimum absolute atomic E-state index is 0.216. The summed E-state index contributed by atoms with van der Waals surface area (Å²) in [7, 11) is 0.